The lowest BCUT2D eigenvalue weighted by Gasteiger charge is -2.24. The summed E-state index contributed by atoms with van der Waals surface area (Å²) >= 11 is 0. The minimum absolute atomic E-state index is 0.0738. The fourth-order valence-corrected chi connectivity index (χ4v) is 6.04. The maximum Gasteiger partial charge on any atom is 0.244 e. The molecule has 0 heterocycles. The third-order valence-electron chi connectivity index (χ3n) is 5.48. The first-order chi connectivity index (χ1) is 13.4. The van der Waals surface area contributed by atoms with Crippen molar-refractivity contribution in [2.45, 2.75) is 143 Å². The molecule has 0 saturated carbocycles. The molecule has 0 radical (unpaired) electrons. The normalized spacial score (nSPS) is 12.4. The SMILES string of the molecule is CCCCCCCCCCCCCCCCCC[Si](C)(C)OC(C)=CC(C)=O. The van der Waals surface area contributed by atoms with Crippen LogP contribution in [0.1, 0.15) is 124 Å². The lowest BCUT2D eigenvalue weighted by molar-refractivity contribution is -0.112. The van der Waals surface area contributed by atoms with Crippen molar-refractivity contribution >= 4 is 14.1 Å². The number of unbranched alkanes of at least 4 members (excludes halogenated alkanes) is 15. The van der Waals surface area contributed by atoms with Crippen LogP contribution in [-0.4, -0.2) is 14.1 Å². The Kier molecular flexibility index (Phi) is 18.1. The van der Waals surface area contributed by atoms with Gasteiger partial charge in [-0.2, -0.15) is 0 Å². The molecule has 0 unspecified atom stereocenters. The van der Waals surface area contributed by atoms with Gasteiger partial charge in [0.25, 0.3) is 0 Å². The van der Waals surface area contributed by atoms with Crippen molar-refractivity contribution in [1.29, 1.82) is 0 Å². The van der Waals surface area contributed by atoms with E-state index in [1.807, 2.05) is 6.92 Å². The standard InChI is InChI=1S/C25H50O2Si/c1-6-7-8-9-10-11-12-13-14-15-16-17-18-19-20-21-22-28(4,5)27-25(3)23-24(2)26/h23H,6-22H2,1-5H3. The second-order valence-corrected chi connectivity index (χ2v) is 13.5. The van der Waals surface area contributed by atoms with E-state index in [4.69, 9.17) is 4.43 Å². The monoisotopic (exact) mass is 410 g/mol. The van der Waals surface area contributed by atoms with E-state index in [1.165, 1.54) is 109 Å². The van der Waals surface area contributed by atoms with Crippen LogP contribution in [0.15, 0.2) is 11.8 Å². The van der Waals surface area contributed by atoms with Crippen LogP contribution in [0.25, 0.3) is 0 Å². The van der Waals surface area contributed by atoms with Crippen LogP contribution >= 0.6 is 0 Å². The van der Waals surface area contributed by atoms with Crippen LogP contribution in [0.5, 0.6) is 0 Å². The fraction of sp³-hybridized carbons (Fsp3) is 0.880. The van der Waals surface area contributed by atoms with E-state index in [0.29, 0.717) is 0 Å². The lowest BCUT2D eigenvalue weighted by Crippen LogP contribution is -2.29. The number of carbonyl (C=O) groups is 1. The highest BCUT2D eigenvalue weighted by Gasteiger charge is 2.23. The van der Waals surface area contributed by atoms with Crippen molar-refractivity contribution in [2.24, 2.45) is 0 Å². The molecule has 28 heavy (non-hydrogen) atoms. The van der Waals surface area contributed by atoms with Crippen molar-refractivity contribution < 1.29 is 9.22 Å². The molecular weight excluding hydrogens is 360 g/mol. The maximum atomic E-state index is 11.1. The van der Waals surface area contributed by atoms with E-state index < -0.39 is 8.32 Å². The predicted octanol–water partition coefficient (Wildman–Crippen LogP) is 8.96. The zero-order valence-electron chi connectivity index (χ0n) is 19.9. The van der Waals surface area contributed by atoms with Gasteiger partial charge in [-0.25, -0.2) is 0 Å². The molecule has 0 amide bonds. The summed E-state index contributed by atoms with van der Waals surface area (Å²) in [5.41, 5.74) is 0. The number of hydrogen-bond donors (Lipinski definition) is 0. The van der Waals surface area contributed by atoms with E-state index in [9.17, 15) is 4.79 Å². The maximum absolute atomic E-state index is 11.1. The predicted molar refractivity (Wildman–Crippen MR) is 127 cm³/mol. The highest BCUT2D eigenvalue weighted by molar-refractivity contribution is 6.71. The first-order valence-corrected chi connectivity index (χ1v) is 15.4. The molecule has 0 aliphatic rings. The first kappa shape index (κ1) is 27.4. The van der Waals surface area contributed by atoms with Gasteiger partial charge in [-0.05, 0) is 33.0 Å². The van der Waals surface area contributed by atoms with Crippen molar-refractivity contribution in [2.75, 3.05) is 0 Å². The zero-order chi connectivity index (χ0) is 21.1. The van der Waals surface area contributed by atoms with E-state index in [-0.39, 0.29) is 5.78 Å². The summed E-state index contributed by atoms with van der Waals surface area (Å²) in [7, 11) is -1.66. The molecule has 0 atom stereocenters. The van der Waals surface area contributed by atoms with Gasteiger partial charge in [-0.15, -0.1) is 0 Å². The summed E-state index contributed by atoms with van der Waals surface area (Å²) in [5, 5.41) is 0. The van der Waals surface area contributed by atoms with Gasteiger partial charge in [0.1, 0.15) is 0 Å². The van der Waals surface area contributed by atoms with Gasteiger partial charge < -0.3 is 4.43 Å². The topological polar surface area (TPSA) is 26.3 Å². The Bertz CT molecular complexity index is 401. The summed E-state index contributed by atoms with van der Waals surface area (Å²) in [6, 6.07) is 1.19. The Hall–Kier alpha value is -0.573. The molecule has 2 nitrogen and oxygen atoms in total. The quantitative estimate of drug-likeness (QED) is 0.0866. The summed E-state index contributed by atoms with van der Waals surface area (Å²) in [4.78, 5) is 11.1. The smallest absolute Gasteiger partial charge is 0.244 e. The summed E-state index contributed by atoms with van der Waals surface area (Å²) in [5.74, 6) is 0.866. The van der Waals surface area contributed by atoms with Gasteiger partial charge in [0.05, 0.1) is 5.76 Å². The lowest BCUT2D eigenvalue weighted by atomic mass is 10.0. The van der Waals surface area contributed by atoms with Crippen LogP contribution in [0.3, 0.4) is 0 Å². The minimum atomic E-state index is -1.66. The molecule has 0 rings (SSSR count). The van der Waals surface area contributed by atoms with Crippen molar-refractivity contribution in [3.8, 4) is 0 Å². The van der Waals surface area contributed by atoms with E-state index in [1.54, 1.807) is 13.0 Å². The molecular formula is C25H50O2Si. The van der Waals surface area contributed by atoms with Gasteiger partial charge in [0.15, 0.2) is 5.78 Å². The minimum Gasteiger partial charge on any atom is -0.547 e. The van der Waals surface area contributed by atoms with Crippen LogP contribution in [-0.2, 0) is 9.22 Å². The second-order valence-electron chi connectivity index (χ2n) is 9.28. The summed E-state index contributed by atoms with van der Waals surface area (Å²) < 4.78 is 6.05. The van der Waals surface area contributed by atoms with Gasteiger partial charge in [-0.3, -0.25) is 4.79 Å². The van der Waals surface area contributed by atoms with Crippen LogP contribution in [0, 0.1) is 0 Å². The molecule has 0 fully saturated rings. The van der Waals surface area contributed by atoms with Gasteiger partial charge in [0, 0.05) is 6.08 Å². The highest BCUT2D eigenvalue weighted by Crippen LogP contribution is 2.20. The Morgan fingerprint density at radius 3 is 1.39 bits per heavy atom. The first-order valence-electron chi connectivity index (χ1n) is 12.3. The fourth-order valence-electron chi connectivity index (χ4n) is 3.90. The Labute approximate surface area is 178 Å². The Balaban J connectivity index is 3.38. The Morgan fingerprint density at radius 2 is 1.04 bits per heavy atom. The van der Waals surface area contributed by atoms with E-state index in [2.05, 4.69) is 20.0 Å². The molecule has 0 aliphatic carbocycles. The van der Waals surface area contributed by atoms with Crippen LogP contribution in [0.2, 0.25) is 19.1 Å². The molecule has 3 heteroatoms. The summed E-state index contributed by atoms with van der Waals surface area (Å²) in [6.07, 6.45) is 24.2. The molecule has 0 saturated heterocycles. The zero-order valence-corrected chi connectivity index (χ0v) is 20.9. The molecule has 0 aliphatic heterocycles. The average Bonchev–Trinajstić information content (AvgIpc) is 2.60. The third-order valence-corrected chi connectivity index (χ3v) is 7.91. The van der Waals surface area contributed by atoms with Gasteiger partial charge in [0.2, 0.25) is 8.32 Å². The number of hydrogen-bond acceptors (Lipinski definition) is 2. The van der Waals surface area contributed by atoms with E-state index in [0.717, 1.165) is 5.76 Å². The number of carbonyl (C=O) groups excluding carboxylic acids is 1. The summed E-state index contributed by atoms with van der Waals surface area (Å²) in [6.45, 7) is 10.3. The third kappa shape index (κ3) is 20.2. The molecule has 0 bridgehead atoms. The molecule has 0 aromatic carbocycles. The average molecular weight is 411 g/mol. The molecule has 0 aromatic rings. The highest BCUT2D eigenvalue weighted by atomic mass is 28.4. The van der Waals surface area contributed by atoms with Crippen LogP contribution in [0.4, 0.5) is 0 Å². The molecule has 0 N–H and O–H groups in total. The Morgan fingerprint density at radius 1 is 0.679 bits per heavy atom. The second kappa shape index (κ2) is 18.5. The van der Waals surface area contributed by atoms with E-state index >= 15 is 0 Å². The van der Waals surface area contributed by atoms with Crippen molar-refractivity contribution in [3.05, 3.63) is 11.8 Å². The van der Waals surface area contributed by atoms with Crippen molar-refractivity contribution in [3.63, 3.8) is 0 Å². The van der Waals surface area contributed by atoms with Gasteiger partial charge >= 0.3 is 0 Å². The largest absolute Gasteiger partial charge is 0.547 e. The van der Waals surface area contributed by atoms with Crippen molar-refractivity contribution in [1.82, 2.24) is 0 Å². The number of rotatable bonds is 20. The molecule has 166 valence electrons. The number of allylic oxidation sites excluding steroid dienone is 2. The number of ketones is 1. The molecule has 0 spiro atoms. The molecule has 0 aromatic heterocycles. The van der Waals surface area contributed by atoms with Crippen LogP contribution < -0.4 is 0 Å². The van der Waals surface area contributed by atoms with Gasteiger partial charge in [-0.1, -0.05) is 110 Å².